The van der Waals surface area contributed by atoms with Gasteiger partial charge in [-0.05, 0) is 0 Å². The van der Waals surface area contributed by atoms with Gasteiger partial charge in [-0.3, -0.25) is 4.68 Å². The van der Waals surface area contributed by atoms with Gasteiger partial charge in [0.2, 0.25) is 0 Å². The summed E-state index contributed by atoms with van der Waals surface area (Å²) >= 11 is 0. The van der Waals surface area contributed by atoms with E-state index < -0.39 is 0 Å². The molecule has 0 unspecified atom stereocenters. The van der Waals surface area contributed by atoms with Crippen LogP contribution >= 0.6 is 0 Å². The third kappa shape index (κ3) is 2.28. The monoisotopic (exact) mass is 218 g/mol. The first kappa shape index (κ1) is 10.4. The van der Waals surface area contributed by atoms with E-state index >= 15 is 0 Å². The van der Waals surface area contributed by atoms with Gasteiger partial charge in [-0.2, -0.15) is 5.10 Å². The summed E-state index contributed by atoms with van der Waals surface area (Å²) in [6.07, 6.45) is 2.61. The maximum absolute atomic E-state index is 5.68. The van der Waals surface area contributed by atoms with Crippen LogP contribution in [0.25, 0.3) is 0 Å². The lowest BCUT2D eigenvalue weighted by atomic mass is 10.4. The van der Waals surface area contributed by atoms with Crippen molar-refractivity contribution in [1.29, 1.82) is 0 Å². The van der Waals surface area contributed by atoms with Crippen molar-refractivity contribution in [1.82, 2.24) is 19.7 Å². The van der Waals surface area contributed by atoms with Crippen molar-refractivity contribution in [3.8, 4) is 0 Å². The Morgan fingerprint density at radius 1 is 1.38 bits per heavy atom. The molecular weight excluding hydrogens is 204 g/mol. The van der Waals surface area contributed by atoms with Gasteiger partial charge in [-0.15, -0.1) is 0 Å². The zero-order valence-electron chi connectivity index (χ0n) is 9.31. The number of nitrogen functional groups attached to an aromatic ring is 1. The van der Waals surface area contributed by atoms with Crippen LogP contribution in [0.1, 0.15) is 12.7 Å². The maximum atomic E-state index is 5.68. The van der Waals surface area contributed by atoms with Crippen LogP contribution in [0.15, 0.2) is 18.3 Å². The lowest BCUT2D eigenvalue weighted by Crippen LogP contribution is -2.03. The largest absolute Gasteiger partial charge is 0.384 e. The maximum Gasteiger partial charge on any atom is 0.153 e. The van der Waals surface area contributed by atoms with E-state index in [0.717, 1.165) is 18.1 Å². The molecule has 6 heteroatoms. The highest BCUT2D eigenvalue weighted by Crippen LogP contribution is 2.14. The molecular formula is C10H14N6. The van der Waals surface area contributed by atoms with Gasteiger partial charge in [-0.25, -0.2) is 9.97 Å². The van der Waals surface area contributed by atoms with Gasteiger partial charge >= 0.3 is 0 Å². The minimum absolute atomic E-state index is 0.463. The predicted octanol–water partition coefficient (Wildman–Crippen LogP) is 1.10. The van der Waals surface area contributed by atoms with E-state index in [1.807, 2.05) is 26.2 Å². The molecule has 0 aliphatic rings. The number of nitrogens with one attached hydrogen (secondary N) is 1. The van der Waals surface area contributed by atoms with Crippen molar-refractivity contribution >= 4 is 17.5 Å². The molecule has 2 heterocycles. The van der Waals surface area contributed by atoms with Crippen molar-refractivity contribution in [2.45, 2.75) is 13.3 Å². The first-order chi connectivity index (χ1) is 7.67. The molecule has 2 aromatic heterocycles. The number of aryl methyl sites for hydroxylation is 2. The fourth-order valence-electron chi connectivity index (χ4n) is 1.35. The average molecular weight is 218 g/mol. The van der Waals surface area contributed by atoms with Gasteiger partial charge in [0, 0.05) is 31.8 Å². The van der Waals surface area contributed by atoms with Crippen molar-refractivity contribution in [3.63, 3.8) is 0 Å². The summed E-state index contributed by atoms with van der Waals surface area (Å²) < 4.78 is 1.72. The summed E-state index contributed by atoms with van der Waals surface area (Å²) in [5.74, 6) is 2.59. The molecule has 0 aliphatic heterocycles. The van der Waals surface area contributed by atoms with Crippen LogP contribution in [0.4, 0.5) is 17.5 Å². The van der Waals surface area contributed by atoms with E-state index in [4.69, 9.17) is 5.73 Å². The van der Waals surface area contributed by atoms with Gasteiger partial charge in [0.25, 0.3) is 0 Å². The summed E-state index contributed by atoms with van der Waals surface area (Å²) in [6, 6.07) is 3.55. The topological polar surface area (TPSA) is 81.6 Å². The Balaban J connectivity index is 2.24. The molecule has 0 aromatic carbocycles. The fraction of sp³-hybridized carbons (Fsp3) is 0.300. The first-order valence-electron chi connectivity index (χ1n) is 5.07. The normalized spacial score (nSPS) is 10.4. The molecule has 0 atom stereocenters. The number of nitrogens with zero attached hydrogens (tertiary/aromatic N) is 4. The van der Waals surface area contributed by atoms with Crippen LogP contribution in [-0.4, -0.2) is 19.7 Å². The highest BCUT2D eigenvalue weighted by molar-refractivity contribution is 5.54. The van der Waals surface area contributed by atoms with Crippen LogP contribution in [-0.2, 0) is 13.5 Å². The highest BCUT2D eigenvalue weighted by atomic mass is 15.3. The van der Waals surface area contributed by atoms with Crippen LogP contribution in [0, 0.1) is 0 Å². The van der Waals surface area contributed by atoms with Crippen molar-refractivity contribution in [2.75, 3.05) is 11.1 Å². The lowest BCUT2D eigenvalue weighted by molar-refractivity contribution is 0.771. The molecule has 0 bridgehead atoms. The van der Waals surface area contributed by atoms with Crippen LogP contribution in [0.5, 0.6) is 0 Å². The second-order valence-electron chi connectivity index (χ2n) is 3.45. The second-order valence-corrected chi connectivity index (χ2v) is 3.45. The Morgan fingerprint density at radius 3 is 2.81 bits per heavy atom. The Bertz CT molecular complexity index is 490. The van der Waals surface area contributed by atoms with Gasteiger partial charge < -0.3 is 11.1 Å². The number of nitrogens with two attached hydrogens (primary N) is 1. The lowest BCUT2D eigenvalue weighted by Gasteiger charge is -2.04. The Labute approximate surface area is 93.5 Å². The molecule has 0 radical (unpaired) electrons. The SMILES string of the molecule is CCc1nc(N)cc(Nc2ccn(C)n2)n1. The first-order valence-corrected chi connectivity index (χ1v) is 5.07. The number of anilines is 3. The van der Waals surface area contributed by atoms with Crippen LogP contribution in [0.3, 0.4) is 0 Å². The van der Waals surface area contributed by atoms with Gasteiger partial charge in [-0.1, -0.05) is 6.92 Å². The van der Waals surface area contributed by atoms with E-state index in [2.05, 4.69) is 20.4 Å². The van der Waals surface area contributed by atoms with E-state index in [1.165, 1.54) is 0 Å². The minimum Gasteiger partial charge on any atom is -0.384 e. The average Bonchev–Trinajstić information content (AvgIpc) is 2.63. The highest BCUT2D eigenvalue weighted by Gasteiger charge is 2.03. The summed E-state index contributed by atoms with van der Waals surface area (Å²) in [6.45, 7) is 1.99. The summed E-state index contributed by atoms with van der Waals surface area (Å²) in [5.41, 5.74) is 5.68. The van der Waals surface area contributed by atoms with E-state index in [-0.39, 0.29) is 0 Å². The molecule has 2 rings (SSSR count). The third-order valence-corrected chi connectivity index (χ3v) is 2.08. The zero-order chi connectivity index (χ0) is 11.5. The summed E-state index contributed by atoms with van der Waals surface area (Å²) in [7, 11) is 1.86. The standard InChI is InChI=1S/C10H14N6/c1-3-8-12-7(11)6-10(13-8)14-9-4-5-16(2)15-9/h4-6H,3H2,1-2H3,(H3,11,12,13,14,15). The summed E-state index contributed by atoms with van der Waals surface area (Å²) in [4.78, 5) is 8.41. The number of hydrogen-bond acceptors (Lipinski definition) is 5. The second kappa shape index (κ2) is 4.18. The molecule has 0 fully saturated rings. The molecule has 0 aliphatic carbocycles. The number of hydrogen-bond donors (Lipinski definition) is 2. The molecule has 16 heavy (non-hydrogen) atoms. The molecule has 84 valence electrons. The smallest absolute Gasteiger partial charge is 0.153 e. The quantitative estimate of drug-likeness (QED) is 0.806. The van der Waals surface area contributed by atoms with Crippen molar-refractivity contribution in [2.24, 2.45) is 7.05 Å². The number of aromatic nitrogens is 4. The van der Waals surface area contributed by atoms with E-state index in [0.29, 0.717) is 11.6 Å². The third-order valence-electron chi connectivity index (χ3n) is 2.08. The molecule has 2 aromatic rings. The molecule has 6 nitrogen and oxygen atoms in total. The minimum atomic E-state index is 0.463. The van der Waals surface area contributed by atoms with Crippen molar-refractivity contribution < 1.29 is 0 Å². The van der Waals surface area contributed by atoms with Crippen LogP contribution < -0.4 is 11.1 Å². The molecule has 0 saturated heterocycles. The molecule has 0 spiro atoms. The van der Waals surface area contributed by atoms with Crippen molar-refractivity contribution in [3.05, 3.63) is 24.2 Å². The van der Waals surface area contributed by atoms with Gasteiger partial charge in [0.15, 0.2) is 5.82 Å². The molecule has 0 amide bonds. The Kier molecular flexibility index (Phi) is 2.72. The Hall–Kier alpha value is -2.11. The van der Waals surface area contributed by atoms with Crippen LogP contribution in [0.2, 0.25) is 0 Å². The molecule has 3 N–H and O–H groups in total. The van der Waals surface area contributed by atoms with E-state index in [9.17, 15) is 0 Å². The zero-order valence-corrected chi connectivity index (χ0v) is 9.31. The Morgan fingerprint density at radius 2 is 2.19 bits per heavy atom. The van der Waals surface area contributed by atoms with Gasteiger partial charge in [0.05, 0.1) is 0 Å². The van der Waals surface area contributed by atoms with E-state index in [1.54, 1.807) is 10.7 Å². The predicted molar refractivity (Wildman–Crippen MR) is 62.3 cm³/mol. The number of rotatable bonds is 3. The van der Waals surface area contributed by atoms with Gasteiger partial charge in [0.1, 0.15) is 17.5 Å². The molecule has 0 saturated carbocycles. The summed E-state index contributed by atoms with van der Waals surface area (Å²) in [5, 5.41) is 7.27. The fourth-order valence-corrected chi connectivity index (χ4v) is 1.35.